The van der Waals surface area contributed by atoms with Crippen LogP contribution in [0, 0.1) is 0 Å². The van der Waals surface area contributed by atoms with Crippen LogP contribution in [0.5, 0.6) is 0 Å². The number of primary amides is 2. The van der Waals surface area contributed by atoms with Crippen molar-refractivity contribution in [3.05, 3.63) is 116 Å². The fourth-order valence-electron chi connectivity index (χ4n) is 8.74. The highest BCUT2D eigenvalue weighted by molar-refractivity contribution is 9.10. The van der Waals surface area contributed by atoms with Crippen molar-refractivity contribution in [2.45, 2.75) is 75.6 Å². The Morgan fingerprint density at radius 2 is 1.30 bits per heavy atom. The number of methoxy groups -OCH3 is 1. The molecule has 0 aliphatic carbocycles. The summed E-state index contributed by atoms with van der Waals surface area (Å²) in [5.41, 5.74) is 22.0. The van der Waals surface area contributed by atoms with Crippen molar-refractivity contribution in [1.82, 2.24) is 44.4 Å². The number of piperidine rings is 2. The maximum atomic E-state index is 13.2. The Bertz CT molecular complexity index is 2910. The van der Waals surface area contributed by atoms with Crippen molar-refractivity contribution >= 4 is 106 Å². The van der Waals surface area contributed by atoms with Crippen LogP contribution in [0.2, 0.25) is 0 Å². The molecule has 3 aliphatic rings. The lowest BCUT2D eigenvalue weighted by molar-refractivity contribution is 0.0598. The predicted octanol–water partition coefficient (Wildman–Crippen LogP) is 6.33. The number of nitrogens with two attached hydrogens (primary N) is 3. The average Bonchev–Trinajstić information content (AvgIpc) is 4.06. The molecule has 7 heterocycles. The van der Waals surface area contributed by atoms with E-state index in [-0.39, 0.29) is 53.2 Å². The zero-order valence-electron chi connectivity index (χ0n) is 39.7. The normalized spacial score (nSPS) is 18.4. The Labute approximate surface area is 435 Å². The van der Waals surface area contributed by atoms with Crippen molar-refractivity contribution in [1.29, 1.82) is 0 Å². The van der Waals surface area contributed by atoms with Crippen molar-refractivity contribution in [3.63, 3.8) is 0 Å². The van der Waals surface area contributed by atoms with E-state index in [2.05, 4.69) is 112 Å². The smallest absolute Gasteiger partial charge is 0.338 e. The average molecular weight is 1160 g/mol. The van der Waals surface area contributed by atoms with Gasteiger partial charge in [0.1, 0.15) is 11.6 Å². The Morgan fingerprint density at radius 1 is 0.761 bits per heavy atom. The van der Waals surface area contributed by atoms with Gasteiger partial charge in [-0.15, -0.1) is 0 Å². The van der Waals surface area contributed by atoms with Crippen LogP contribution < -0.4 is 37.6 Å². The highest BCUT2D eigenvalue weighted by atomic mass is 79.9. The van der Waals surface area contributed by atoms with Crippen LogP contribution in [0.3, 0.4) is 0 Å². The van der Waals surface area contributed by atoms with E-state index in [1.807, 2.05) is 35.2 Å². The maximum Gasteiger partial charge on any atom is 0.338 e. The number of nitrogens with one attached hydrogen (secondary N) is 2. The fourth-order valence-corrected chi connectivity index (χ4v) is 10.0. The third-order valence-corrected chi connectivity index (χ3v) is 14.0. The number of alkyl halides is 1. The maximum absolute atomic E-state index is 13.2. The van der Waals surface area contributed by atoms with Crippen molar-refractivity contribution in [2.75, 3.05) is 40.6 Å². The van der Waals surface area contributed by atoms with Crippen LogP contribution in [-0.4, -0.2) is 112 Å². The minimum absolute atomic E-state index is 0.00965. The first kappa shape index (κ1) is 52.3. The van der Waals surface area contributed by atoms with Gasteiger partial charge in [-0.1, -0.05) is 47.8 Å². The van der Waals surface area contributed by atoms with Gasteiger partial charge in [-0.2, -0.15) is 10.2 Å². The molecule has 71 heavy (non-hydrogen) atoms. The van der Waals surface area contributed by atoms with E-state index in [0.29, 0.717) is 46.3 Å². The molecule has 0 unspecified atom stereocenters. The molecular weight excluding hydrogens is 1110 g/mol. The second kappa shape index (κ2) is 23.2. The Morgan fingerprint density at radius 3 is 1.82 bits per heavy atom. The van der Waals surface area contributed by atoms with Gasteiger partial charge >= 0.3 is 5.97 Å². The number of amides is 3. The van der Waals surface area contributed by atoms with E-state index in [4.69, 9.17) is 22.2 Å². The number of carbonyl (C=O) groups excluding carboxylic acids is 4. The van der Waals surface area contributed by atoms with Gasteiger partial charge in [0.15, 0.2) is 23.0 Å². The van der Waals surface area contributed by atoms with E-state index in [1.54, 1.807) is 66.7 Å². The number of hydrogen-bond acceptors (Lipinski definition) is 16. The molecule has 0 saturated carbocycles. The molecule has 8 N–H and O–H groups in total. The van der Waals surface area contributed by atoms with Gasteiger partial charge in [0, 0.05) is 84.1 Å². The van der Waals surface area contributed by atoms with Gasteiger partial charge in [0.2, 0.25) is 0 Å². The van der Waals surface area contributed by atoms with Crippen LogP contribution in [0.4, 0.5) is 34.6 Å². The van der Waals surface area contributed by atoms with Crippen molar-refractivity contribution in [2.24, 2.45) is 31.3 Å². The number of carbonyl (C=O) groups is 4. The SMILES string of the molecule is COC(=O)c1ccc(Br)cc1CBr.C[C@@H]1[C@H](N)CCCN1c1cnc(C(N)=O)c(Nc2cnn(C)c2)n1.C[C@@H]1[C@H](N2Cc3cc(Br)ccc3C2=O)CCCN1c1cnc(C(N)=O)c(Nc2cnn(C)c2)n1. The number of fused-ring (bicyclic) bond motifs is 1. The Hall–Kier alpha value is -6.50. The minimum Gasteiger partial charge on any atom is -0.465 e. The molecule has 0 spiro atoms. The summed E-state index contributed by atoms with van der Waals surface area (Å²) in [6.45, 7) is 6.40. The molecular formula is C47H55Br3N16O5. The molecule has 24 heteroatoms. The zero-order chi connectivity index (χ0) is 51.1. The number of ether oxygens (including phenoxy) is 1. The van der Waals surface area contributed by atoms with Gasteiger partial charge in [-0.25, -0.2) is 24.7 Å². The number of halogens is 3. The summed E-state index contributed by atoms with van der Waals surface area (Å²) < 4.78 is 9.86. The summed E-state index contributed by atoms with van der Waals surface area (Å²) in [6, 6.07) is 11.5. The summed E-state index contributed by atoms with van der Waals surface area (Å²) in [5, 5.41) is 15.0. The molecule has 3 aliphatic heterocycles. The lowest BCUT2D eigenvalue weighted by Crippen LogP contribution is -2.54. The van der Waals surface area contributed by atoms with Gasteiger partial charge in [-0.05, 0) is 87.1 Å². The zero-order valence-corrected chi connectivity index (χ0v) is 44.5. The summed E-state index contributed by atoms with van der Waals surface area (Å²) in [5.74, 6) is 0.360. The highest BCUT2D eigenvalue weighted by Crippen LogP contribution is 2.34. The molecule has 4 atom stereocenters. The molecule has 4 aromatic heterocycles. The number of esters is 1. The first-order chi connectivity index (χ1) is 34.0. The lowest BCUT2D eigenvalue weighted by Gasteiger charge is -2.43. The van der Waals surface area contributed by atoms with Crippen LogP contribution in [0.1, 0.15) is 92.4 Å². The predicted molar refractivity (Wildman–Crippen MR) is 280 cm³/mol. The van der Waals surface area contributed by atoms with Crippen LogP contribution in [0.25, 0.3) is 0 Å². The third kappa shape index (κ3) is 12.3. The molecule has 21 nitrogen and oxygen atoms in total. The van der Waals surface area contributed by atoms with Gasteiger partial charge in [-0.3, -0.25) is 23.7 Å². The largest absolute Gasteiger partial charge is 0.465 e. The monoisotopic (exact) mass is 1160 g/mol. The molecule has 374 valence electrons. The Balaban J connectivity index is 0.000000174. The molecule has 0 bridgehead atoms. The van der Waals surface area contributed by atoms with Crippen LogP contribution in [-0.2, 0) is 30.7 Å². The number of rotatable bonds is 11. The van der Waals surface area contributed by atoms with E-state index < -0.39 is 11.8 Å². The minimum atomic E-state index is -0.665. The summed E-state index contributed by atoms with van der Waals surface area (Å²) in [7, 11) is 4.98. The van der Waals surface area contributed by atoms with E-state index >= 15 is 0 Å². The first-order valence-electron chi connectivity index (χ1n) is 22.6. The van der Waals surface area contributed by atoms with Crippen LogP contribution in [0.15, 0.2) is 82.5 Å². The number of hydrogen-bond donors (Lipinski definition) is 5. The number of aryl methyl sites for hydroxylation is 2. The molecule has 2 saturated heterocycles. The lowest BCUT2D eigenvalue weighted by atomic mass is 9.96. The van der Waals surface area contributed by atoms with E-state index in [9.17, 15) is 19.2 Å². The molecule has 3 amide bonds. The molecule has 9 rings (SSSR count). The third-order valence-electron chi connectivity index (χ3n) is 12.4. The summed E-state index contributed by atoms with van der Waals surface area (Å²) in [6.07, 6.45) is 13.8. The molecule has 2 aromatic carbocycles. The standard InChI is InChI=1S/C23H25BrN8O2.C15H22N8O.C9H8Br2O2/c1-13-18(32-11-14-8-15(24)5-6-17(14)23(32)34)4-3-7-31(13)19-10-26-20(21(25)33)22(29-19)28-16-9-27-30(2)12-16;1-9-11(16)4-3-5-23(9)12-7-18-13(14(17)24)15(21-12)20-10-6-19-22(2)8-10;1-13-9(12)8-3-2-7(11)4-6(8)5-10/h5-6,8-10,12-13,18H,3-4,7,11H2,1-2H3,(H2,25,33)(H,28,29);6-9,11H,3-5,16H2,1-2H3,(H2,17,24)(H,20,21);2-4H,5H2,1H3/t13-,18-;9-,11-;/m11./s1. The van der Waals surface area contributed by atoms with Gasteiger partial charge in [0.25, 0.3) is 17.7 Å². The second-order valence-electron chi connectivity index (χ2n) is 17.2. The number of aromatic nitrogens is 8. The van der Waals surface area contributed by atoms with Crippen LogP contribution >= 0.6 is 47.8 Å². The number of nitrogens with zero attached hydrogens (tertiary/aromatic N) is 11. The first-order valence-corrected chi connectivity index (χ1v) is 25.3. The summed E-state index contributed by atoms with van der Waals surface area (Å²) in [4.78, 5) is 72.0. The number of benzene rings is 2. The second-order valence-corrected chi connectivity index (χ2v) is 19.6. The molecule has 2 fully saturated rings. The molecule has 0 radical (unpaired) electrons. The Kier molecular flexibility index (Phi) is 17.1. The van der Waals surface area contributed by atoms with Gasteiger partial charge in [0.05, 0.1) is 54.9 Å². The van der Waals surface area contributed by atoms with Gasteiger partial charge < -0.3 is 47.3 Å². The highest BCUT2D eigenvalue weighted by Gasteiger charge is 2.40. The van der Waals surface area contributed by atoms with Crippen molar-refractivity contribution in [3.8, 4) is 0 Å². The number of anilines is 6. The van der Waals surface area contributed by atoms with Crippen molar-refractivity contribution < 1.29 is 23.9 Å². The quantitative estimate of drug-likeness (QED) is 0.0700. The topological polar surface area (TPSA) is 277 Å². The van der Waals surface area contributed by atoms with E-state index in [0.717, 1.165) is 64.4 Å². The molecule has 6 aromatic rings. The summed E-state index contributed by atoms with van der Waals surface area (Å²) >= 11 is 10.1. The van der Waals surface area contributed by atoms with E-state index in [1.165, 1.54) is 7.11 Å². The fraction of sp³-hybridized carbons (Fsp3) is 0.362.